The summed E-state index contributed by atoms with van der Waals surface area (Å²) in [7, 11) is 0. The standard InChI is InChI=1S/C9H10O3/c1-5(2)7(10)9(12)8(11)6(3)4/h1,3H2,2,4H3. The van der Waals surface area contributed by atoms with Crippen molar-refractivity contribution in [3.63, 3.8) is 0 Å². The Kier molecular flexibility index (Phi) is 3.29. The van der Waals surface area contributed by atoms with Gasteiger partial charge in [0.25, 0.3) is 5.78 Å². The van der Waals surface area contributed by atoms with Gasteiger partial charge < -0.3 is 0 Å². The molecule has 0 aliphatic heterocycles. The third-order valence-electron chi connectivity index (χ3n) is 1.19. The summed E-state index contributed by atoms with van der Waals surface area (Å²) in [5.74, 6) is -2.75. The van der Waals surface area contributed by atoms with Crippen LogP contribution in [0.25, 0.3) is 0 Å². The monoisotopic (exact) mass is 166 g/mol. The zero-order valence-electron chi connectivity index (χ0n) is 7.14. The van der Waals surface area contributed by atoms with Crippen LogP contribution < -0.4 is 0 Å². The van der Waals surface area contributed by atoms with Gasteiger partial charge in [-0.25, -0.2) is 0 Å². The van der Waals surface area contributed by atoms with E-state index in [1.807, 2.05) is 0 Å². The third kappa shape index (κ3) is 2.27. The molecule has 12 heavy (non-hydrogen) atoms. The van der Waals surface area contributed by atoms with Crippen LogP contribution in [0.1, 0.15) is 13.8 Å². The van der Waals surface area contributed by atoms with Crippen molar-refractivity contribution in [3.8, 4) is 0 Å². The van der Waals surface area contributed by atoms with Crippen molar-refractivity contribution in [2.75, 3.05) is 0 Å². The molecule has 0 aliphatic rings. The van der Waals surface area contributed by atoms with Gasteiger partial charge in [0.05, 0.1) is 0 Å². The van der Waals surface area contributed by atoms with Crippen molar-refractivity contribution < 1.29 is 14.4 Å². The predicted octanol–water partition coefficient (Wildman–Crippen LogP) is 0.846. The maximum atomic E-state index is 10.9. The average Bonchev–Trinajstić information content (AvgIpc) is 2.00. The Morgan fingerprint density at radius 1 is 0.750 bits per heavy atom. The first-order chi connectivity index (χ1) is 5.37. The van der Waals surface area contributed by atoms with Crippen molar-refractivity contribution in [2.24, 2.45) is 0 Å². The van der Waals surface area contributed by atoms with Crippen molar-refractivity contribution in [1.82, 2.24) is 0 Å². The molecule has 0 aromatic rings. The fourth-order valence-electron chi connectivity index (χ4n) is 0.491. The molecule has 0 aromatic carbocycles. The van der Waals surface area contributed by atoms with Crippen LogP contribution in [0.2, 0.25) is 0 Å². The number of hydrogen-bond acceptors (Lipinski definition) is 3. The molecule has 0 saturated heterocycles. The van der Waals surface area contributed by atoms with Gasteiger partial charge in [-0.1, -0.05) is 13.2 Å². The van der Waals surface area contributed by atoms with E-state index < -0.39 is 17.3 Å². The summed E-state index contributed by atoms with van der Waals surface area (Å²) in [5, 5.41) is 0. The fourth-order valence-corrected chi connectivity index (χ4v) is 0.491. The normalized spacial score (nSPS) is 8.83. The highest BCUT2D eigenvalue weighted by Crippen LogP contribution is 1.97. The second-order valence-corrected chi connectivity index (χ2v) is 2.55. The van der Waals surface area contributed by atoms with Gasteiger partial charge in [0.2, 0.25) is 11.6 Å². The molecule has 0 bridgehead atoms. The van der Waals surface area contributed by atoms with E-state index in [1.54, 1.807) is 0 Å². The summed E-state index contributed by atoms with van der Waals surface area (Å²) in [6.07, 6.45) is 0. The van der Waals surface area contributed by atoms with Gasteiger partial charge in [0.1, 0.15) is 0 Å². The van der Waals surface area contributed by atoms with Crippen LogP contribution in [0.4, 0.5) is 0 Å². The molecule has 0 radical (unpaired) electrons. The van der Waals surface area contributed by atoms with Crippen LogP contribution in [0.5, 0.6) is 0 Å². The van der Waals surface area contributed by atoms with Crippen LogP contribution in [0, 0.1) is 0 Å². The Bertz CT molecular complexity index is 256. The molecule has 3 nitrogen and oxygen atoms in total. The highest BCUT2D eigenvalue weighted by molar-refractivity contribution is 6.69. The van der Waals surface area contributed by atoms with E-state index in [0.717, 1.165) is 0 Å². The molecule has 0 aliphatic carbocycles. The van der Waals surface area contributed by atoms with Gasteiger partial charge in [-0.05, 0) is 25.0 Å². The maximum Gasteiger partial charge on any atom is 0.273 e. The molecule has 0 amide bonds. The molecule has 0 fully saturated rings. The van der Waals surface area contributed by atoms with E-state index in [-0.39, 0.29) is 11.1 Å². The number of rotatable bonds is 4. The number of allylic oxidation sites excluding steroid dienone is 2. The number of ketones is 3. The molecule has 0 heterocycles. The van der Waals surface area contributed by atoms with Crippen LogP contribution in [0.15, 0.2) is 24.3 Å². The van der Waals surface area contributed by atoms with E-state index >= 15 is 0 Å². The highest BCUT2D eigenvalue weighted by atomic mass is 16.2. The SMILES string of the molecule is C=C(C)C(=O)C(=O)C(=O)C(=C)C. The van der Waals surface area contributed by atoms with E-state index in [9.17, 15) is 14.4 Å². The lowest BCUT2D eigenvalue weighted by Crippen LogP contribution is -2.24. The summed E-state index contributed by atoms with van der Waals surface area (Å²) in [6.45, 7) is 9.29. The number of carbonyl (C=O) groups is 3. The van der Waals surface area contributed by atoms with Gasteiger partial charge >= 0.3 is 0 Å². The fraction of sp³-hybridized carbons (Fsp3) is 0.222. The predicted molar refractivity (Wildman–Crippen MR) is 44.6 cm³/mol. The van der Waals surface area contributed by atoms with Crippen molar-refractivity contribution in [3.05, 3.63) is 24.3 Å². The molecule has 0 aromatic heterocycles. The summed E-state index contributed by atoms with van der Waals surface area (Å²) >= 11 is 0. The molecular weight excluding hydrogens is 156 g/mol. The first kappa shape index (κ1) is 10.5. The van der Waals surface area contributed by atoms with Crippen LogP contribution >= 0.6 is 0 Å². The van der Waals surface area contributed by atoms with Gasteiger partial charge in [-0.2, -0.15) is 0 Å². The molecule has 0 N–H and O–H groups in total. The summed E-state index contributed by atoms with van der Waals surface area (Å²) in [5.41, 5.74) is 0.129. The Morgan fingerprint density at radius 2 is 1.00 bits per heavy atom. The molecule has 0 rings (SSSR count). The number of carbonyl (C=O) groups excluding carboxylic acids is 3. The minimum absolute atomic E-state index is 0.0644. The molecule has 0 spiro atoms. The van der Waals surface area contributed by atoms with E-state index in [2.05, 4.69) is 13.2 Å². The van der Waals surface area contributed by atoms with Gasteiger partial charge in [-0.15, -0.1) is 0 Å². The van der Waals surface area contributed by atoms with Crippen LogP contribution in [-0.4, -0.2) is 17.3 Å². The zero-order chi connectivity index (χ0) is 9.89. The zero-order valence-corrected chi connectivity index (χ0v) is 7.14. The lowest BCUT2D eigenvalue weighted by Gasteiger charge is -1.96. The minimum Gasteiger partial charge on any atom is -0.285 e. The van der Waals surface area contributed by atoms with E-state index in [1.165, 1.54) is 13.8 Å². The molecular formula is C9H10O3. The molecule has 0 atom stereocenters. The summed E-state index contributed by atoms with van der Waals surface area (Å²) in [6, 6.07) is 0. The Morgan fingerprint density at radius 3 is 1.17 bits per heavy atom. The highest BCUT2D eigenvalue weighted by Gasteiger charge is 2.22. The van der Waals surface area contributed by atoms with E-state index in [0.29, 0.717) is 0 Å². The first-order valence-corrected chi connectivity index (χ1v) is 3.32. The second-order valence-electron chi connectivity index (χ2n) is 2.55. The molecule has 64 valence electrons. The number of Topliss-reactive ketones (excluding diaryl/α,β-unsaturated/α-hetero) is 3. The topological polar surface area (TPSA) is 51.2 Å². The quantitative estimate of drug-likeness (QED) is 0.353. The van der Waals surface area contributed by atoms with Crippen LogP contribution in [0.3, 0.4) is 0 Å². The molecule has 3 heteroatoms. The second kappa shape index (κ2) is 3.76. The van der Waals surface area contributed by atoms with Gasteiger partial charge in [0.15, 0.2) is 0 Å². The summed E-state index contributed by atoms with van der Waals surface area (Å²) < 4.78 is 0. The Hall–Kier alpha value is -1.51. The lowest BCUT2D eigenvalue weighted by atomic mass is 10.0. The molecule has 0 saturated carbocycles. The third-order valence-corrected chi connectivity index (χ3v) is 1.19. The first-order valence-electron chi connectivity index (χ1n) is 3.32. The number of hydrogen-bond donors (Lipinski definition) is 0. The Balaban J connectivity index is 4.63. The largest absolute Gasteiger partial charge is 0.285 e. The average molecular weight is 166 g/mol. The lowest BCUT2D eigenvalue weighted by molar-refractivity contribution is -0.141. The van der Waals surface area contributed by atoms with Gasteiger partial charge in [-0.3, -0.25) is 14.4 Å². The van der Waals surface area contributed by atoms with Crippen molar-refractivity contribution in [2.45, 2.75) is 13.8 Å². The maximum absolute atomic E-state index is 10.9. The smallest absolute Gasteiger partial charge is 0.273 e. The van der Waals surface area contributed by atoms with Crippen molar-refractivity contribution in [1.29, 1.82) is 0 Å². The van der Waals surface area contributed by atoms with E-state index in [4.69, 9.17) is 0 Å². The van der Waals surface area contributed by atoms with Crippen molar-refractivity contribution >= 4 is 17.3 Å². The van der Waals surface area contributed by atoms with Crippen LogP contribution in [-0.2, 0) is 14.4 Å². The Labute approximate surface area is 70.8 Å². The summed E-state index contributed by atoms with van der Waals surface area (Å²) in [4.78, 5) is 32.7. The van der Waals surface area contributed by atoms with Gasteiger partial charge in [0, 0.05) is 0 Å². The molecule has 0 unspecified atom stereocenters. The minimum atomic E-state index is -1.06.